The van der Waals surface area contributed by atoms with Crippen LogP contribution in [0.2, 0.25) is 0 Å². The number of ether oxygens (including phenoxy) is 1. The summed E-state index contributed by atoms with van der Waals surface area (Å²) >= 11 is 1.32. The first-order valence-electron chi connectivity index (χ1n) is 9.45. The standard InChI is InChI=1S/C22H24N4O3S/c1-14-10-16(8-9-23-14)15-6-5-7-17(11-15)18-13-30-20(25-18)26-19(27)12-24-21(28)29-22(2,3)4/h5-11,13H,12H2,1-4H3,(H,24,28)(H,25,26,27). The molecule has 0 unspecified atom stereocenters. The molecule has 0 radical (unpaired) electrons. The van der Waals surface area contributed by atoms with Crippen molar-refractivity contribution in [1.29, 1.82) is 0 Å². The molecule has 2 aromatic heterocycles. The normalized spacial score (nSPS) is 11.1. The van der Waals surface area contributed by atoms with Gasteiger partial charge in [0.2, 0.25) is 5.91 Å². The number of nitrogens with zero attached hydrogens (tertiary/aromatic N) is 2. The maximum atomic E-state index is 12.1. The fourth-order valence-corrected chi connectivity index (χ4v) is 3.41. The molecule has 30 heavy (non-hydrogen) atoms. The molecular weight excluding hydrogens is 400 g/mol. The number of anilines is 1. The van der Waals surface area contributed by atoms with E-state index in [1.807, 2.05) is 42.6 Å². The number of aromatic nitrogens is 2. The summed E-state index contributed by atoms with van der Waals surface area (Å²) in [6.45, 7) is 7.04. The van der Waals surface area contributed by atoms with Crippen LogP contribution in [0.25, 0.3) is 22.4 Å². The molecule has 0 fully saturated rings. The number of carbonyl (C=O) groups excluding carboxylic acids is 2. The maximum Gasteiger partial charge on any atom is 0.408 e. The van der Waals surface area contributed by atoms with E-state index < -0.39 is 11.7 Å². The number of nitrogens with one attached hydrogen (secondary N) is 2. The number of hydrogen-bond donors (Lipinski definition) is 2. The summed E-state index contributed by atoms with van der Waals surface area (Å²) in [5, 5.41) is 7.47. The lowest BCUT2D eigenvalue weighted by Gasteiger charge is -2.19. The zero-order chi connectivity index (χ0) is 21.7. The Labute approximate surface area is 179 Å². The molecule has 3 aromatic rings. The van der Waals surface area contributed by atoms with Crippen molar-refractivity contribution in [2.75, 3.05) is 11.9 Å². The van der Waals surface area contributed by atoms with Gasteiger partial charge in [0, 0.05) is 22.8 Å². The van der Waals surface area contributed by atoms with E-state index in [1.165, 1.54) is 11.3 Å². The molecule has 0 aliphatic carbocycles. The first-order chi connectivity index (χ1) is 14.2. The lowest BCUT2D eigenvalue weighted by molar-refractivity contribution is -0.115. The molecule has 2 N–H and O–H groups in total. The van der Waals surface area contributed by atoms with Crippen LogP contribution in [-0.4, -0.2) is 34.1 Å². The van der Waals surface area contributed by atoms with Gasteiger partial charge in [0.1, 0.15) is 12.1 Å². The summed E-state index contributed by atoms with van der Waals surface area (Å²) in [5.41, 5.74) is 4.21. The second-order valence-corrected chi connectivity index (χ2v) is 8.57. The molecule has 2 heterocycles. The minimum atomic E-state index is -0.638. The van der Waals surface area contributed by atoms with Crippen LogP contribution in [0.15, 0.2) is 48.0 Å². The fraction of sp³-hybridized carbons (Fsp3) is 0.273. The van der Waals surface area contributed by atoms with Crippen molar-refractivity contribution in [2.45, 2.75) is 33.3 Å². The SMILES string of the molecule is Cc1cc(-c2cccc(-c3csc(NC(=O)CNC(=O)OC(C)(C)C)n3)c2)ccn1. The van der Waals surface area contributed by atoms with E-state index >= 15 is 0 Å². The third-order valence-corrected chi connectivity index (χ3v) is 4.69. The Morgan fingerprint density at radius 3 is 2.57 bits per heavy atom. The van der Waals surface area contributed by atoms with E-state index in [9.17, 15) is 9.59 Å². The van der Waals surface area contributed by atoms with Gasteiger partial charge in [-0.2, -0.15) is 0 Å². The van der Waals surface area contributed by atoms with Crippen LogP contribution in [0.3, 0.4) is 0 Å². The average Bonchev–Trinajstić information content (AvgIpc) is 3.14. The highest BCUT2D eigenvalue weighted by molar-refractivity contribution is 7.14. The molecule has 7 nitrogen and oxygen atoms in total. The zero-order valence-electron chi connectivity index (χ0n) is 17.4. The molecule has 3 rings (SSSR count). The predicted molar refractivity (Wildman–Crippen MR) is 118 cm³/mol. The van der Waals surface area contributed by atoms with Crippen LogP contribution in [0.5, 0.6) is 0 Å². The number of alkyl carbamates (subject to hydrolysis) is 1. The fourth-order valence-electron chi connectivity index (χ4n) is 2.68. The van der Waals surface area contributed by atoms with Crippen molar-refractivity contribution in [3.8, 4) is 22.4 Å². The van der Waals surface area contributed by atoms with E-state index in [0.29, 0.717) is 5.13 Å². The van der Waals surface area contributed by atoms with Crippen molar-refractivity contribution >= 4 is 28.5 Å². The van der Waals surface area contributed by atoms with Crippen molar-refractivity contribution < 1.29 is 14.3 Å². The van der Waals surface area contributed by atoms with Gasteiger partial charge in [-0.1, -0.05) is 18.2 Å². The zero-order valence-corrected chi connectivity index (χ0v) is 18.2. The van der Waals surface area contributed by atoms with Crippen LogP contribution in [0.1, 0.15) is 26.5 Å². The van der Waals surface area contributed by atoms with Gasteiger partial charge < -0.3 is 15.4 Å². The third kappa shape index (κ3) is 6.12. The van der Waals surface area contributed by atoms with Crippen molar-refractivity contribution in [3.05, 3.63) is 53.7 Å². The van der Waals surface area contributed by atoms with Crippen molar-refractivity contribution in [3.63, 3.8) is 0 Å². The van der Waals surface area contributed by atoms with Crippen molar-refractivity contribution in [2.24, 2.45) is 0 Å². The summed E-state index contributed by atoms with van der Waals surface area (Å²) in [6, 6.07) is 12.0. The second kappa shape index (κ2) is 9.04. The summed E-state index contributed by atoms with van der Waals surface area (Å²) in [5.74, 6) is -0.372. The molecule has 0 spiro atoms. The number of amides is 2. The highest BCUT2D eigenvalue weighted by atomic mass is 32.1. The van der Waals surface area contributed by atoms with E-state index in [0.717, 1.165) is 28.1 Å². The van der Waals surface area contributed by atoms with Gasteiger partial charge in [-0.3, -0.25) is 9.78 Å². The number of hydrogen-bond acceptors (Lipinski definition) is 6. The number of thiazole rings is 1. The molecule has 0 bridgehead atoms. The molecular formula is C22H24N4O3S. The molecule has 8 heteroatoms. The molecule has 2 amide bonds. The summed E-state index contributed by atoms with van der Waals surface area (Å²) < 4.78 is 5.11. The molecule has 0 saturated carbocycles. The largest absolute Gasteiger partial charge is 0.444 e. The van der Waals surface area contributed by atoms with Crippen LogP contribution in [0, 0.1) is 6.92 Å². The van der Waals surface area contributed by atoms with Crippen LogP contribution >= 0.6 is 11.3 Å². The predicted octanol–water partition coefficient (Wildman–Crippen LogP) is 4.64. The van der Waals surface area contributed by atoms with E-state index in [1.54, 1.807) is 27.0 Å². The molecule has 156 valence electrons. The number of pyridine rings is 1. The Morgan fingerprint density at radius 1 is 1.10 bits per heavy atom. The minimum absolute atomic E-state index is 0.194. The monoisotopic (exact) mass is 424 g/mol. The molecule has 0 saturated heterocycles. The van der Waals surface area contributed by atoms with Gasteiger partial charge in [-0.25, -0.2) is 9.78 Å². The Balaban J connectivity index is 1.63. The van der Waals surface area contributed by atoms with Gasteiger partial charge in [0.25, 0.3) is 0 Å². The van der Waals surface area contributed by atoms with Crippen molar-refractivity contribution in [1.82, 2.24) is 15.3 Å². The lowest BCUT2D eigenvalue weighted by atomic mass is 10.0. The average molecular weight is 425 g/mol. The van der Waals surface area contributed by atoms with Crippen LogP contribution in [-0.2, 0) is 9.53 Å². The molecule has 0 atom stereocenters. The molecule has 0 aliphatic heterocycles. The highest BCUT2D eigenvalue weighted by Crippen LogP contribution is 2.29. The number of aryl methyl sites for hydroxylation is 1. The Kier molecular flexibility index (Phi) is 6.47. The maximum absolute atomic E-state index is 12.1. The minimum Gasteiger partial charge on any atom is -0.444 e. The Hall–Kier alpha value is -3.26. The first kappa shape index (κ1) is 21.4. The Bertz CT molecular complexity index is 1060. The molecule has 0 aliphatic rings. The topological polar surface area (TPSA) is 93.2 Å². The van der Waals surface area contributed by atoms with Gasteiger partial charge in [-0.05, 0) is 57.0 Å². The second-order valence-electron chi connectivity index (χ2n) is 7.71. The van der Waals surface area contributed by atoms with Gasteiger partial charge in [-0.15, -0.1) is 11.3 Å². The quantitative estimate of drug-likeness (QED) is 0.622. The lowest BCUT2D eigenvalue weighted by Crippen LogP contribution is -2.37. The van der Waals surface area contributed by atoms with Crippen LogP contribution in [0.4, 0.5) is 9.93 Å². The van der Waals surface area contributed by atoms with E-state index in [4.69, 9.17) is 4.74 Å². The third-order valence-electron chi connectivity index (χ3n) is 3.93. The first-order valence-corrected chi connectivity index (χ1v) is 10.3. The number of benzene rings is 1. The van der Waals surface area contributed by atoms with Gasteiger partial charge in [0.15, 0.2) is 5.13 Å². The summed E-state index contributed by atoms with van der Waals surface area (Å²) in [4.78, 5) is 32.4. The number of rotatable bonds is 5. The smallest absolute Gasteiger partial charge is 0.408 e. The Morgan fingerprint density at radius 2 is 1.83 bits per heavy atom. The summed E-state index contributed by atoms with van der Waals surface area (Å²) in [7, 11) is 0. The van der Waals surface area contributed by atoms with Gasteiger partial charge >= 0.3 is 6.09 Å². The van der Waals surface area contributed by atoms with Gasteiger partial charge in [0.05, 0.1) is 5.69 Å². The van der Waals surface area contributed by atoms with Crippen LogP contribution < -0.4 is 10.6 Å². The van der Waals surface area contributed by atoms with E-state index in [-0.39, 0.29) is 12.5 Å². The van der Waals surface area contributed by atoms with E-state index in [2.05, 4.69) is 26.7 Å². The summed E-state index contributed by atoms with van der Waals surface area (Å²) in [6.07, 6.45) is 1.15. The highest BCUT2D eigenvalue weighted by Gasteiger charge is 2.17. The molecule has 1 aromatic carbocycles. The number of carbonyl (C=O) groups is 2.